The molecule has 0 N–H and O–H groups in total. The first-order valence-corrected chi connectivity index (χ1v) is 5.06. The van der Waals surface area contributed by atoms with Gasteiger partial charge in [-0.15, -0.1) is 0 Å². The molecule has 0 atom stereocenters. The molecule has 0 saturated carbocycles. The molecule has 0 aliphatic rings. The first-order valence-electron chi connectivity index (χ1n) is 5.06. The van der Waals surface area contributed by atoms with Crippen LogP contribution in [0.3, 0.4) is 0 Å². The quantitative estimate of drug-likeness (QED) is 0.583. The van der Waals surface area contributed by atoms with Crippen molar-refractivity contribution in [2.75, 3.05) is 0 Å². The van der Waals surface area contributed by atoms with E-state index < -0.39 is 17.6 Å². The van der Waals surface area contributed by atoms with Gasteiger partial charge in [0.2, 0.25) is 0 Å². The minimum Gasteiger partial charge on any atom is -0.428 e. The maximum absolute atomic E-state index is 13.6. The number of hydrogen-bond acceptors (Lipinski definition) is 3. The van der Waals surface area contributed by atoms with Crippen LogP contribution in [0, 0.1) is 11.9 Å². The third-order valence-electron chi connectivity index (χ3n) is 1.74. The van der Waals surface area contributed by atoms with Crippen LogP contribution in [0.1, 0.15) is 26.3 Å². The molecule has 17 heavy (non-hydrogen) atoms. The van der Waals surface area contributed by atoms with E-state index in [4.69, 9.17) is 9.47 Å². The summed E-state index contributed by atoms with van der Waals surface area (Å²) in [5.41, 5.74) is -0.540. The van der Waals surface area contributed by atoms with E-state index in [-0.39, 0.29) is 11.3 Å². The molecule has 0 aromatic heterocycles. The van der Waals surface area contributed by atoms with Crippen LogP contribution >= 0.6 is 0 Å². The molecule has 0 aliphatic heterocycles. The van der Waals surface area contributed by atoms with Crippen LogP contribution in [0.4, 0.5) is 9.18 Å². The van der Waals surface area contributed by atoms with Crippen LogP contribution in [-0.2, 0) is 4.74 Å². The van der Waals surface area contributed by atoms with Crippen LogP contribution in [-0.4, -0.2) is 11.8 Å². The second kappa shape index (κ2) is 4.99. The highest BCUT2D eigenvalue weighted by molar-refractivity contribution is 5.64. The Bertz CT molecular complexity index is 433. The van der Waals surface area contributed by atoms with Crippen molar-refractivity contribution in [3.63, 3.8) is 0 Å². The molecule has 0 saturated heterocycles. The molecule has 4 heteroatoms. The summed E-state index contributed by atoms with van der Waals surface area (Å²) in [5, 5.41) is 0. The van der Waals surface area contributed by atoms with E-state index in [1.54, 1.807) is 20.8 Å². The number of halogens is 1. The minimum absolute atomic E-state index is 0.144. The lowest BCUT2D eigenvalue weighted by molar-refractivity contribution is 0.0198. The van der Waals surface area contributed by atoms with E-state index in [9.17, 15) is 9.18 Å². The van der Waals surface area contributed by atoms with Gasteiger partial charge in [0.1, 0.15) is 5.60 Å². The number of carbonyl (C=O) groups is 1. The molecule has 0 unspecified atom stereocenters. The van der Waals surface area contributed by atoms with Crippen LogP contribution in [0.2, 0.25) is 0 Å². The van der Waals surface area contributed by atoms with Crippen molar-refractivity contribution in [2.45, 2.75) is 26.4 Å². The lowest BCUT2D eigenvalue weighted by atomic mass is 10.2. The summed E-state index contributed by atoms with van der Waals surface area (Å²) in [6.07, 6.45) is 1.45. The van der Waals surface area contributed by atoms with Crippen molar-refractivity contribution in [2.24, 2.45) is 0 Å². The van der Waals surface area contributed by atoms with Crippen molar-refractivity contribution in [3.05, 3.63) is 42.2 Å². The SMILES string of the molecule is C=[C]c1cccc(OC(=O)OC(C)(C)C)c1F. The highest BCUT2D eigenvalue weighted by atomic mass is 19.1. The Kier molecular flexibility index (Phi) is 3.89. The highest BCUT2D eigenvalue weighted by Gasteiger charge is 2.19. The minimum atomic E-state index is -0.947. The third-order valence-corrected chi connectivity index (χ3v) is 1.74. The molecule has 1 aromatic carbocycles. The van der Waals surface area contributed by atoms with Crippen molar-refractivity contribution >= 4 is 6.16 Å². The van der Waals surface area contributed by atoms with Gasteiger partial charge in [-0.25, -0.2) is 9.18 Å². The van der Waals surface area contributed by atoms with Gasteiger partial charge in [0.25, 0.3) is 0 Å². The zero-order valence-electron chi connectivity index (χ0n) is 10.0. The normalized spacial score (nSPS) is 10.8. The predicted octanol–water partition coefficient (Wildman–Crippen LogP) is 3.48. The standard InChI is InChI=1S/C13H14FO3/c1-5-9-7-6-8-10(11(9)14)16-12(15)17-13(2,3)4/h6-8H,1H2,2-4H3. The summed E-state index contributed by atoms with van der Waals surface area (Å²) in [7, 11) is 0. The zero-order chi connectivity index (χ0) is 13.1. The number of carbonyl (C=O) groups excluding carboxylic acids is 1. The average molecular weight is 237 g/mol. The van der Waals surface area contributed by atoms with Gasteiger partial charge in [0.05, 0.1) is 0 Å². The fourth-order valence-electron chi connectivity index (χ4n) is 1.09. The van der Waals surface area contributed by atoms with Gasteiger partial charge in [-0.1, -0.05) is 18.7 Å². The largest absolute Gasteiger partial charge is 0.514 e. The van der Waals surface area contributed by atoms with Crippen molar-refractivity contribution < 1.29 is 18.7 Å². The van der Waals surface area contributed by atoms with Gasteiger partial charge >= 0.3 is 6.16 Å². The van der Waals surface area contributed by atoms with Crippen molar-refractivity contribution in [1.29, 1.82) is 0 Å². The molecule has 0 spiro atoms. The van der Waals surface area contributed by atoms with Gasteiger partial charge in [-0.3, -0.25) is 0 Å². The molecular weight excluding hydrogens is 223 g/mol. The fourth-order valence-corrected chi connectivity index (χ4v) is 1.09. The zero-order valence-corrected chi connectivity index (χ0v) is 10.0. The second-order valence-corrected chi connectivity index (χ2v) is 4.36. The summed E-state index contributed by atoms with van der Waals surface area (Å²) in [6.45, 7) is 8.41. The second-order valence-electron chi connectivity index (χ2n) is 4.36. The topological polar surface area (TPSA) is 35.5 Å². The highest BCUT2D eigenvalue weighted by Crippen LogP contribution is 2.21. The molecule has 0 fully saturated rings. The molecule has 1 rings (SSSR count). The van der Waals surface area contributed by atoms with E-state index in [0.717, 1.165) is 0 Å². The number of benzene rings is 1. The fraction of sp³-hybridized carbons (Fsp3) is 0.308. The van der Waals surface area contributed by atoms with Crippen molar-refractivity contribution in [3.8, 4) is 5.75 Å². The summed E-state index contributed by atoms with van der Waals surface area (Å²) >= 11 is 0. The molecular formula is C13H14FO3. The number of ether oxygens (including phenoxy) is 2. The lowest BCUT2D eigenvalue weighted by Crippen LogP contribution is -2.26. The van der Waals surface area contributed by atoms with E-state index in [1.807, 2.05) is 0 Å². The molecule has 0 heterocycles. The molecule has 0 amide bonds. The summed E-state index contributed by atoms with van der Waals surface area (Å²) in [6, 6.07) is 4.35. The average Bonchev–Trinajstić information content (AvgIpc) is 2.18. The lowest BCUT2D eigenvalue weighted by Gasteiger charge is -2.18. The van der Waals surface area contributed by atoms with Crippen LogP contribution in [0.5, 0.6) is 5.75 Å². The Morgan fingerprint density at radius 1 is 1.41 bits per heavy atom. The Morgan fingerprint density at radius 2 is 2.06 bits per heavy atom. The molecule has 0 aliphatic carbocycles. The molecule has 0 bridgehead atoms. The van der Waals surface area contributed by atoms with Gasteiger partial charge < -0.3 is 9.47 Å². The van der Waals surface area contributed by atoms with E-state index >= 15 is 0 Å². The smallest absolute Gasteiger partial charge is 0.428 e. The Hall–Kier alpha value is -1.84. The third kappa shape index (κ3) is 3.90. The Labute approximate surface area is 99.9 Å². The first kappa shape index (κ1) is 13.2. The summed E-state index contributed by atoms with van der Waals surface area (Å²) < 4.78 is 23.3. The Morgan fingerprint density at radius 3 is 2.59 bits per heavy atom. The summed E-state index contributed by atoms with van der Waals surface area (Å²) in [5.74, 6) is -0.888. The monoisotopic (exact) mass is 237 g/mol. The van der Waals surface area contributed by atoms with Gasteiger partial charge in [-0.05, 0) is 32.9 Å². The van der Waals surface area contributed by atoms with Crippen LogP contribution in [0.25, 0.3) is 0 Å². The van der Waals surface area contributed by atoms with Crippen LogP contribution in [0.15, 0.2) is 24.8 Å². The number of hydrogen-bond donors (Lipinski definition) is 0. The van der Waals surface area contributed by atoms with E-state index in [0.29, 0.717) is 0 Å². The van der Waals surface area contributed by atoms with Crippen molar-refractivity contribution in [1.82, 2.24) is 0 Å². The Balaban J connectivity index is 2.82. The maximum Gasteiger partial charge on any atom is 0.514 e. The molecule has 1 radical (unpaired) electrons. The van der Waals surface area contributed by atoms with E-state index in [2.05, 4.69) is 12.7 Å². The van der Waals surface area contributed by atoms with Crippen LogP contribution < -0.4 is 4.74 Å². The first-order chi connectivity index (χ1) is 7.83. The molecule has 1 aromatic rings. The van der Waals surface area contributed by atoms with E-state index in [1.165, 1.54) is 18.2 Å². The van der Waals surface area contributed by atoms with Gasteiger partial charge in [0, 0.05) is 5.56 Å². The number of rotatable bonds is 2. The molecule has 91 valence electrons. The van der Waals surface area contributed by atoms with Gasteiger partial charge in [0.15, 0.2) is 11.6 Å². The summed E-state index contributed by atoms with van der Waals surface area (Å²) in [4.78, 5) is 11.3. The van der Waals surface area contributed by atoms with Gasteiger partial charge in [-0.2, -0.15) is 0 Å². The maximum atomic E-state index is 13.6. The molecule has 3 nitrogen and oxygen atoms in total. The predicted molar refractivity (Wildman–Crippen MR) is 61.2 cm³/mol.